The Morgan fingerprint density at radius 2 is 2.16 bits per heavy atom. The van der Waals surface area contributed by atoms with Crippen LogP contribution in [0.1, 0.15) is 10.4 Å². The standard InChI is InChI=1S/C8H11F2N3O5S/c9-6(10)4-13(1-2-14)19(17,18)7-5(8(15)16)3-11-12-7/h3,6,14H,1-2,4H2,(H,11,12)(H,15,16). The van der Waals surface area contributed by atoms with Crippen LogP contribution in [-0.4, -0.2) is 65.2 Å². The van der Waals surface area contributed by atoms with E-state index in [0.29, 0.717) is 0 Å². The number of nitrogens with one attached hydrogen (secondary N) is 1. The number of sulfonamides is 1. The number of carbonyl (C=O) groups is 1. The Labute approximate surface area is 106 Å². The number of hydrogen-bond acceptors (Lipinski definition) is 5. The van der Waals surface area contributed by atoms with Gasteiger partial charge in [0.2, 0.25) is 0 Å². The number of aromatic nitrogens is 2. The van der Waals surface area contributed by atoms with Crippen LogP contribution in [0.15, 0.2) is 11.2 Å². The largest absolute Gasteiger partial charge is 0.478 e. The highest BCUT2D eigenvalue weighted by Gasteiger charge is 2.32. The summed E-state index contributed by atoms with van der Waals surface area (Å²) in [5.41, 5.74) is -0.655. The van der Waals surface area contributed by atoms with Crippen molar-refractivity contribution in [1.29, 1.82) is 0 Å². The smallest absolute Gasteiger partial charge is 0.340 e. The fourth-order valence-electron chi connectivity index (χ4n) is 1.33. The summed E-state index contributed by atoms with van der Waals surface area (Å²) in [5, 5.41) is 21.9. The second-order valence-corrected chi connectivity index (χ2v) is 5.27. The number of aromatic amines is 1. The molecule has 0 radical (unpaired) electrons. The lowest BCUT2D eigenvalue weighted by atomic mass is 10.4. The van der Waals surface area contributed by atoms with Crippen molar-refractivity contribution in [3.05, 3.63) is 11.8 Å². The molecule has 0 spiro atoms. The Morgan fingerprint density at radius 1 is 1.53 bits per heavy atom. The van der Waals surface area contributed by atoms with E-state index in [1.54, 1.807) is 0 Å². The molecule has 0 bridgehead atoms. The molecule has 1 rings (SSSR count). The lowest BCUT2D eigenvalue weighted by Crippen LogP contribution is -2.38. The molecule has 3 N–H and O–H groups in total. The number of aliphatic hydroxyl groups is 1. The molecule has 0 aliphatic carbocycles. The summed E-state index contributed by atoms with van der Waals surface area (Å²) < 4.78 is 48.9. The van der Waals surface area contributed by atoms with Gasteiger partial charge in [-0.15, -0.1) is 0 Å². The Morgan fingerprint density at radius 3 is 2.63 bits per heavy atom. The van der Waals surface area contributed by atoms with Gasteiger partial charge in [-0.05, 0) is 0 Å². The Hall–Kier alpha value is -1.59. The number of hydrogen-bond donors (Lipinski definition) is 3. The zero-order chi connectivity index (χ0) is 14.6. The summed E-state index contributed by atoms with van der Waals surface area (Å²) in [7, 11) is -4.50. The van der Waals surface area contributed by atoms with E-state index in [1.807, 2.05) is 5.10 Å². The predicted molar refractivity (Wildman–Crippen MR) is 57.4 cm³/mol. The average molecular weight is 299 g/mol. The SMILES string of the molecule is O=C(O)c1cn[nH]c1S(=O)(=O)N(CCO)CC(F)F. The maximum atomic E-state index is 12.3. The number of alkyl halides is 2. The Balaban J connectivity index is 3.19. The van der Waals surface area contributed by atoms with E-state index in [-0.39, 0.29) is 4.31 Å². The van der Waals surface area contributed by atoms with Crippen molar-refractivity contribution in [1.82, 2.24) is 14.5 Å². The lowest BCUT2D eigenvalue weighted by Gasteiger charge is -2.19. The zero-order valence-corrected chi connectivity index (χ0v) is 10.3. The molecule has 0 aromatic carbocycles. The van der Waals surface area contributed by atoms with E-state index in [9.17, 15) is 22.0 Å². The van der Waals surface area contributed by atoms with E-state index in [0.717, 1.165) is 6.20 Å². The molecule has 0 saturated heterocycles. The van der Waals surface area contributed by atoms with Crippen molar-refractivity contribution in [2.45, 2.75) is 11.5 Å². The minimum atomic E-state index is -4.50. The van der Waals surface area contributed by atoms with Crippen LogP contribution in [0.2, 0.25) is 0 Å². The van der Waals surface area contributed by atoms with Crippen LogP contribution < -0.4 is 0 Å². The number of carboxylic acid groups (broad SMARTS) is 1. The minimum absolute atomic E-state index is 0.289. The molecule has 1 aromatic rings. The predicted octanol–water partition coefficient (Wildman–Crippen LogP) is -0.644. The number of carboxylic acids is 1. The molecule has 1 aromatic heterocycles. The van der Waals surface area contributed by atoms with Gasteiger partial charge in [-0.25, -0.2) is 22.0 Å². The van der Waals surface area contributed by atoms with Crippen LogP contribution >= 0.6 is 0 Å². The number of aliphatic hydroxyl groups excluding tert-OH is 1. The molecular formula is C8H11F2N3O5S. The van der Waals surface area contributed by atoms with Crippen LogP contribution in [-0.2, 0) is 10.0 Å². The molecule has 0 unspecified atom stereocenters. The number of rotatable bonds is 7. The van der Waals surface area contributed by atoms with E-state index >= 15 is 0 Å². The molecule has 0 amide bonds. The van der Waals surface area contributed by atoms with Crippen molar-refractivity contribution < 1.29 is 32.2 Å². The summed E-state index contributed by atoms with van der Waals surface area (Å²) in [6.07, 6.45) is -2.20. The van der Waals surface area contributed by atoms with Gasteiger partial charge in [0.05, 0.1) is 19.3 Å². The fourth-order valence-corrected chi connectivity index (χ4v) is 2.80. The van der Waals surface area contributed by atoms with Crippen LogP contribution in [0.5, 0.6) is 0 Å². The van der Waals surface area contributed by atoms with Crippen LogP contribution in [0.4, 0.5) is 8.78 Å². The van der Waals surface area contributed by atoms with Gasteiger partial charge >= 0.3 is 5.97 Å². The second kappa shape index (κ2) is 6.04. The third-order valence-corrected chi connectivity index (χ3v) is 3.96. The summed E-state index contributed by atoms with van der Waals surface area (Å²) in [4.78, 5) is 10.8. The van der Waals surface area contributed by atoms with Crippen LogP contribution in [0.25, 0.3) is 0 Å². The van der Waals surface area contributed by atoms with Crippen molar-refractivity contribution in [3.8, 4) is 0 Å². The van der Waals surface area contributed by atoms with Gasteiger partial charge in [0.25, 0.3) is 16.4 Å². The first-order chi connectivity index (χ1) is 8.80. The van der Waals surface area contributed by atoms with Gasteiger partial charge in [-0.2, -0.15) is 9.40 Å². The van der Waals surface area contributed by atoms with Crippen LogP contribution in [0, 0.1) is 0 Å². The van der Waals surface area contributed by atoms with Crippen LogP contribution in [0.3, 0.4) is 0 Å². The quantitative estimate of drug-likeness (QED) is 0.615. The summed E-state index contributed by atoms with van der Waals surface area (Å²) in [5.74, 6) is -1.56. The van der Waals surface area contributed by atoms with E-state index in [4.69, 9.17) is 10.2 Å². The van der Waals surface area contributed by atoms with E-state index in [1.165, 1.54) is 0 Å². The summed E-state index contributed by atoms with van der Waals surface area (Å²) >= 11 is 0. The molecule has 0 atom stereocenters. The highest BCUT2D eigenvalue weighted by molar-refractivity contribution is 7.89. The van der Waals surface area contributed by atoms with Gasteiger partial charge in [0.15, 0.2) is 5.03 Å². The Bertz CT molecular complexity index is 544. The van der Waals surface area contributed by atoms with Crippen molar-refractivity contribution in [2.75, 3.05) is 19.7 Å². The second-order valence-electron chi connectivity index (χ2n) is 3.40. The first-order valence-electron chi connectivity index (χ1n) is 4.96. The molecule has 0 aliphatic rings. The molecule has 1 heterocycles. The maximum Gasteiger partial charge on any atom is 0.340 e. The normalized spacial score (nSPS) is 12.3. The first kappa shape index (κ1) is 15.5. The number of H-pyrrole nitrogens is 1. The third-order valence-electron chi connectivity index (χ3n) is 2.12. The maximum absolute atomic E-state index is 12.3. The molecule has 19 heavy (non-hydrogen) atoms. The third kappa shape index (κ3) is 3.45. The number of aromatic carboxylic acids is 1. The topological polar surface area (TPSA) is 124 Å². The van der Waals surface area contributed by atoms with E-state index in [2.05, 4.69) is 5.10 Å². The highest BCUT2D eigenvalue weighted by atomic mass is 32.2. The highest BCUT2D eigenvalue weighted by Crippen LogP contribution is 2.18. The minimum Gasteiger partial charge on any atom is -0.478 e. The van der Waals surface area contributed by atoms with Gasteiger partial charge in [0, 0.05) is 6.54 Å². The number of nitrogens with zero attached hydrogens (tertiary/aromatic N) is 2. The Kier molecular flexibility index (Phi) is 4.91. The average Bonchev–Trinajstić information content (AvgIpc) is 2.77. The molecule has 108 valence electrons. The van der Waals surface area contributed by atoms with Crippen molar-refractivity contribution in [3.63, 3.8) is 0 Å². The lowest BCUT2D eigenvalue weighted by molar-refractivity contribution is 0.0692. The summed E-state index contributed by atoms with van der Waals surface area (Å²) in [6.45, 7) is -2.41. The first-order valence-corrected chi connectivity index (χ1v) is 6.40. The van der Waals surface area contributed by atoms with Crippen molar-refractivity contribution in [2.24, 2.45) is 0 Å². The van der Waals surface area contributed by atoms with Gasteiger partial charge < -0.3 is 10.2 Å². The number of halogens is 2. The molecule has 0 aliphatic heterocycles. The van der Waals surface area contributed by atoms with Gasteiger partial charge in [-0.1, -0.05) is 0 Å². The zero-order valence-electron chi connectivity index (χ0n) is 9.45. The molecule has 11 heteroatoms. The molecular weight excluding hydrogens is 288 g/mol. The molecule has 0 saturated carbocycles. The van der Waals surface area contributed by atoms with Gasteiger partial charge in [-0.3, -0.25) is 5.10 Å². The van der Waals surface area contributed by atoms with E-state index < -0.39 is 52.7 Å². The van der Waals surface area contributed by atoms with Crippen molar-refractivity contribution >= 4 is 16.0 Å². The van der Waals surface area contributed by atoms with Gasteiger partial charge in [0.1, 0.15) is 5.56 Å². The molecule has 8 nitrogen and oxygen atoms in total. The molecule has 0 fully saturated rings. The summed E-state index contributed by atoms with van der Waals surface area (Å²) in [6, 6.07) is 0. The fraction of sp³-hybridized carbons (Fsp3) is 0.500. The monoisotopic (exact) mass is 299 g/mol.